The number of rotatable bonds is 4. The quantitative estimate of drug-likeness (QED) is 0.568. The van der Waals surface area contributed by atoms with Crippen molar-refractivity contribution in [1.82, 2.24) is 30.0 Å². The van der Waals surface area contributed by atoms with E-state index in [9.17, 15) is 22.8 Å². The number of aromatic nitrogens is 4. The maximum atomic E-state index is 13.5. The van der Waals surface area contributed by atoms with E-state index < -0.39 is 17.4 Å². The molecule has 3 aromatic rings. The van der Waals surface area contributed by atoms with Crippen LogP contribution in [0, 0.1) is 0 Å². The Morgan fingerprint density at radius 1 is 1.17 bits per heavy atom. The molecule has 2 N–H and O–H groups in total. The summed E-state index contributed by atoms with van der Waals surface area (Å²) in [6, 6.07) is 5.45. The van der Waals surface area contributed by atoms with Crippen LogP contribution in [0.15, 0.2) is 29.2 Å². The molecule has 1 amide bonds. The van der Waals surface area contributed by atoms with E-state index in [2.05, 4.69) is 30.2 Å². The Morgan fingerprint density at radius 2 is 1.92 bits per heavy atom. The topological polar surface area (TPSA) is 99.1 Å². The number of carbonyl (C=O) groups excluding carboxylic acids is 1. The Bertz CT molecular complexity index is 1320. The van der Waals surface area contributed by atoms with Crippen molar-refractivity contribution < 1.29 is 18.0 Å². The molecule has 192 valence electrons. The summed E-state index contributed by atoms with van der Waals surface area (Å²) in [5.41, 5.74) is 0.259. The first-order valence-electron chi connectivity index (χ1n) is 12.0. The number of likely N-dealkylation sites (tertiary alicyclic amines) is 1. The number of amides is 1. The number of nitrogens with zero attached hydrogens (tertiary/aromatic N) is 5. The number of hydrogen-bond donors (Lipinski definition) is 2. The van der Waals surface area contributed by atoms with E-state index in [-0.39, 0.29) is 22.7 Å². The average Bonchev–Trinajstić information content (AvgIpc) is 3.49. The zero-order valence-corrected chi connectivity index (χ0v) is 20.1. The molecule has 0 saturated carbocycles. The van der Waals surface area contributed by atoms with E-state index in [0.717, 1.165) is 49.3 Å². The Kier molecular flexibility index (Phi) is 6.23. The van der Waals surface area contributed by atoms with E-state index in [4.69, 9.17) is 0 Å². The maximum Gasteiger partial charge on any atom is 0.435 e. The molecule has 0 aromatic carbocycles. The SMILES string of the molecule is CNC(=O)c1ccc(N2CCC(N3CCC(c4cc5c(C(F)(F)F)nn(C)c5c(=O)[nH]4)C3)CC2)cn1. The minimum Gasteiger partial charge on any atom is -0.370 e. The van der Waals surface area contributed by atoms with Gasteiger partial charge in [0.2, 0.25) is 0 Å². The summed E-state index contributed by atoms with van der Waals surface area (Å²) in [6.45, 7) is 3.22. The number of anilines is 1. The molecule has 0 spiro atoms. The first-order chi connectivity index (χ1) is 17.2. The van der Waals surface area contributed by atoms with Crippen molar-refractivity contribution >= 4 is 22.5 Å². The van der Waals surface area contributed by atoms with Crippen LogP contribution < -0.4 is 15.8 Å². The van der Waals surface area contributed by atoms with Gasteiger partial charge >= 0.3 is 6.18 Å². The number of aromatic amines is 1. The number of fused-ring (bicyclic) bond motifs is 1. The second-order valence-electron chi connectivity index (χ2n) is 9.47. The van der Waals surface area contributed by atoms with E-state index in [1.54, 1.807) is 19.3 Å². The zero-order chi connectivity index (χ0) is 25.6. The number of halogens is 3. The van der Waals surface area contributed by atoms with Crippen molar-refractivity contribution in [2.45, 2.75) is 37.4 Å². The largest absolute Gasteiger partial charge is 0.435 e. The fraction of sp³-hybridized carbons (Fsp3) is 0.500. The van der Waals surface area contributed by atoms with Gasteiger partial charge in [-0.2, -0.15) is 18.3 Å². The predicted molar refractivity (Wildman–Crippen MR) is 128 cm³/mol. The van der Waals surface area contributed by atoms with E-state index in [1.165, 1.54) is 13.1 Å². The van der Waals surface area contributed by atoms with Gasteiger partial charge in [-0.1, -0.05) is 0 Å². The molecule has 9 nitrogen and oxygen atoms in total. The molecular weight excluding hydrogens is 475 g/mol. The second-order valence-corrected chi connectivity index (χ2v) is 9.47. The maximum absolute atomic E-state index is 13.5. The van der Waals surface area contributed by atoms with Gasteiger partial charge in [-0.25, -0.2) is 4.98 Å². The van der Waals surface area contributed by atoms with Crippen molar-refractivity contribution in [2.24, 2.45) is 7.05 Å². The molecular formula is C24H28F3N7O2. The van der Waals surface area contributed by atoms with Gasteiger partial charge in [0.1, 0.15) is 11.2 Å². The number of hydrogen-bond acceptors (Lipinski definition) is 6. The molecule has 2 aliphatic heterocycles. The van der Waals surface area contributed by atoms with Crippen LogP contribution >= 0.6 is 0 Å². The van der Waals surface area contributed by atoms with E-state index >= 15 is 0 Å². The fourth-order valence-electron chi connectivity index (χ4n) is 5.46. The van der Waals surface area contributed by atoms with Gasteiger partial charge in [-0.3, -0.25) is 19.2 Å². The lowest BCUT2D eigenvalue weighted by atomic mass is 10.0. The number of H-pyrrole nitrogens is 1. The van der Waals surface area contributed by atoms with Gasteiger partial charge in [-0.15, -0.1) is 0 Å². The van der Waals surface area contributed by atoms with E-state index in [1.807, 2.05) is 6.07 Å². The normalized spacial score (nSPS) is 19.8. The van der Waals surface area contributed by atoms with Crippen LogP contribution in [0.1, 0.15) is 47.1 Å². The highest BCUT2D eigenvalue weighted by molar-refractivity contribution is 5.92. The van der Waals surface area contributed by atoms with Crippen molar-refractivity contribution in [3.05, 3.63) is 51.8 Å². The Balaban J connectivity index is 1.25. The van der Waals surface area contributed by atoms with Crippen LogP contribution in [-0.2, 0) is 13.2 Å². The lowest BCUT2D eigenvalue weighted by molar-refractivity contribution is -0.140. The zero-order valence-electron chi connectivity index (χ0n) is 20.1. The summed E-state index contributed by atoms with van der Waals surface area (Å²) in [4.78, 5) is 36.0. The Hall–Kier alpha value is -3.41. The molecule has 0 bridgehead atoms. The van der Waals surface area contributed by atoms with Gasteiger partial charge in [0.05, 0.1) is 11.9 Å². The first-order valence-corrected chi connectivity index (χ1v) is 12.0. The number of nitrogens with one attached hydrogen (secondary N) is 2. The highest BCUT2D eigenvalue weighted by Gasteiger charge is 2.38. The summed E-state index contributed by atoms with van der Waals surface area (Å²) in [6.07, 6.45) is -0.246. The number of pyridine rings is 2. The summed E-state index contributed by atoms with van der Waals surface area (Å²) in [5, 5.41) is 5.97. The Labute approximate surface area is 205 Å². The van der Waals surface area contributed by atoms with Crippen molar-refractivity contribution in [1.29, 1.82) is 0 Å². The lowest BCUT2D eigenvalue weighted by Crippen LogP contribution is -2.44. The minimum atomic E-state index is -4.63. The first kappa shape index (κ1) is 24.3. The lowest BCUT2D eigenvalue weighted by Gasteiger charge is -2.37. The molecule has 2 saturated heterocycles. The summed E-state index contributed by atoms with van der Waals surface area (Å²) < 4.78 is 41.4. The van der Waals surface area contributed by atoms with Crippen LogP contribution in [-0.4, -0.2) is 69.8 Å². The van der Waals surface area contributed by atoms with Gasteiger partial charge in [0, 0.05) is 56.8 Å². The van der Waals surface area contributed by atoms with Crippen molar-refractivity contribution in [3.8, 4) is 0 Å². The molecule has 2 aliphatic rings. The van der Waals surface area contributed by atoms with Gasteiger partial charge in [-0.05, 0) is 44.0 Å². The van der Waals surface area contributed by atoms with Crippen molar-refractivity contribution in [2.75, 3.05) is 38.1 Å². The van der Waals surface area contributed by atoms with Crippen LogP contribution in [0.2, 0.25) is 0 Å². The third kappa shape index (κ3) is 4.45. The third-order valence-electron chi connectivity index (χ3n) is 7.34. The second kappa shape index (κ2) is 9.23. The molecule has 5 rings (SSSR count). The van der Waals surface area contributed by atoms with Crippen LogP contribution in [0.4, 0.5) is 18.9 Å². The smallest absolute Gasteiger partial charge is 0.370 e. The van der Waals surface area contributed by atoms with Crippen LogP contribution in [0.5, 0.6) is 0 Å². The molecule has 1 unspecified atom stereocenters. The average molecular weight is 504 g/mol. The number of aryl methyl sites for hydroxylation is 1. The number of alkyl halides is 3. The Morgan fingerprint density at radius 3 is 2.56 bits per heavy atom. The predicted octanol–water partition coefficient (Wildman–Crippen LogP) is 2.49. The van der Waals surface area contributed by atoms with Crippen molar-refractivity contribution in [3.63, 3.8) is 0 Å². The molecule has 1 atom stereocenters. The number of piperidine rings is 1. The molecule has 2 fully saturated rings. The molecule has 0 aliphatic carbocycles. The minimum absolute atomic E-state index is 0.0390. The fourth-order valence-corrected chi connectivity index (χ4v) is 5.46. The third-order valence-corrected chi connectivity index (χ3v) is 7.34. The molecule has 0 radical (unpaired) electrons. The highest BCUT2D eigenvalue weighted by Crippen LogP contribution is 2.35. The summed E-state index contributed by atoms with van der Waals surface area (Å²) in [7, 11) is 2.92. The van der Waals surface area contributed by atoms with Gasteiger partial charge < -0.3 is 15.2 Å². The molecule has 36 heavy (non-hydrogen) atoms. The van der Waals surface area contributed by atoms with Crippen LogP contribution in [0.25, 0.3) is 10.9 Å². The molecule has 3 aromatic heterocycles. The standard InChI is InChI=1S/C24H28F3N7O2/c1-28-22(35)18-4-3-16(12-29-18)33-9-6-15(7-10-33)34-8-5-14(13-34)19-11-17-20(23(36)30-19)32(2)31-21(17)24(25,26)27/h3-4,11-12,14-15H,5-10,13H2,1-2H3,(H,28,35)(H,30,36). The van der Waals surface area contributed by atoms with Gasteiger partial charge in [0.15, 0.2) is 5.69 Å². The highest BCUT2D eigenvalue weighted by atomic mass is 19.4. The number of carbonyl (C=O) groups is 1. The molecule has 5 heterocycles. The summed E-state index contributed by atoms with van der Waals surface area (Å²) >= 11 is 0. The van der Waals surface area contributed by atoms with Gasteiger partial charge in [0.25, 0.3) is 11.5 Å². The summed E-state index contributed by atoms with van der Waals surface area (Å²) in [5.74, 6) is -0.259. The van der Waals surface area contributed by atoms with E-state index in [0.29, 0.717) is 24.0 Å². The monoisotopic (exact) mass is 503 g/mol. The van der Waals surface area contributed by atoms with Crippen LogP contribution in [0.3, 0.4) is 0 Å². The molecule has 12 heteroatoms.